The fourth-order valence-electron chi connectivity index (χ4n) is 5.05. The summed E-state index contributed by atoms with van der Waals surface area (Å²) < 4.78 is 14.2. The molecule has 1 aliphatic carbocycles. The molecule has 5 aromatic rings. The SMILES string of the molecule is CC1=CCC(C)(c2cc(O)cc(F)c2)c2cc(-c3n[nH]c4ccc(-c5cncc(O)c5)cc34)[nH]c21. The van der Waals surface area contributed by atoms with Gasteiger partial charge in [0.2, 0.25) is 0 Å². The zero-order valence-corrected chi connectivity index (χ0v) is 19.2. The van der Waals surface area contributed by atoms with Crippen molar-refractivity contribution in [3.63, 3.8) is 0 Å². The van der Waals surface area contributed by atoms with E-state index in [-0.39, 0.29) is 11.5 Å². The van der Waals surface area contributed by atoms with Crippen molar-refractivity contribution in [3.8, 4) is 34.0 Å². The number of phenols is 1. The molecular weight excluding hydrogens is 443 g/mol. The average molecular weight is 467 g/mol. The molecule has 3 heterocycles. The number of aromatic hydroxyl groups is 2. The van der Waals surface area contributed by atoms with Crippen LogP contribution in [0.25, 0.3) is 39.0 Å². The number of halogens is 1. The monoisotopic (exact) mass is 466 g/mol. The Balaban J connectivity index is 1.50. The number of aromatic amines is 2. The van der Waals surface area contributed by atoms with E-state index in [0.717, 1.165) is 61.9 Å². The Morgan fingerprint density at radius 1 is 0.971 bits per heavy atom. The summed E-state index contributed by atoms with van der Waals surface area (Å²) in [6.07, 6.45) is 5.93. The molecule has 3 aromatic heterocycles. The summed E-state index contributed by atoms with van der Waals surface area (Å²) in [5, 5.41) is 28.5. The average Bonchev–Trinajstić information content (AvgIpc) is 3.46. The molecule has 6 rings (SSSR count). The molecule has 2 aromatic carbocycles. The highest BCUT2D eigenvalue weighted by Crippen LogP contribution is 2.46. The molecule has 35 heavy (non-hydrogen) atoms. The molecule has 1 unspecified atom stereocenters. The minimum absolute atomic E-state index is 0.0860. The van der Waals surface area contributed by atoms with Gasteiger partial charge in [0.25, 0.3) is 0 Å². The molecule has 0 saturated carbocycles. The number of nitrogens with one attached hydrogen (secondary N) is 2. The van der Waals surface area contributed by atoms with Gasteiger partial charge in [0.05, 0.1) is 17.4 Å². The van der Waals surface area contributed by atoms with Crippen LogP contribution in [0.15, 0.2) is 67.0 Å². The summed E-state index contributed by atoms with van der Waals surface area (Å²) in [6, 6.07) is 13.9. The highest BCUT2D eigenvalue weighted by atomic mass is 19.1. The second-order valence-electron chi connectivity index (χ2n) is 9.36. The van der Waals surface area contributed by atoms with E-state index < -0.39 is 11.2 Å². The van der Waals surface area contributed by atoms with Crippen LogP contribution in [0.3, 0.4) is 0 Å². The Bertz CT molecular complexity index is 1630. The fraction of sp³-hybridized carbons (Fsp3) is 0.143. The maximum atomic E-state index is 14.2. The molecule has 1 aliphatic rings. The van der Waals surface area contributed by atoms with Gasteiger partial charge < -0.3 is 15.2 Å². The lowest BCUT2D eigenvalue weighted by atomic mass is 9.70. The molecule has 6 nitrogen and oxygen atoms in total. The lowest BCUT2D eigenvalue weighted by Gasteiger charge is -2.33. The zero-order chi connectivity index (χ0) is 24.3. The van der Waals surface area contributed by atoms with Gasteiger partial charge in [0.15, 0.2) is 0 Å². The molecule has 0 radical (unpaired) electrons. The number of pyridine rings is 1. The number of fused-ring (bicyclic) bond motifs is 2. The van der Waals surface area contributed by atoms with E-state index in [9.17, 15) is 14.6 Å². The van der Waals surface area contributed by atoms with Gasteiger partial charge in [-0.25, -0.2) is 4.39 Å². The van der Waals surface area contributed by atoms with Crippen molar-refractivity contribution in [2.75, 3.05) is 0 Å². The number of rotatable bonds is 3. The van der Waals surface area contributed by atoms with Gasteiger partial charge in [-0.15, -0.1) is 0 Å². The summed E-state index contributed by atoms with van der Waals surface area (Å²) in [7, 11) is 0. The van der Waals surface area contributed by atoms with E-state index in [1.165, 1.54) is 12.3 Å². The number of H-pyrrole nitrogens is 2. The molecule has 1 atom stereocenters. The number of nitrogens with zero attached hydrogens (tertiary/aromatic N) is 2. The number of phenolic OH excluding ortho intramolecular Hbond substituents is 1. The largest absolute Gasteiger partial charge is 0.508 e. The van der Waals surface area contributed by atoms with Gasteiger partial charge >= 0.3 is 0 Å². The third-order valence-electron chi connectivity index (χ3n) is 7.02. The first-order valence-electron chi connectivity index (χ1n) is 11.4. The molecule has 0 amide bonds. The van der Waals surface area contributed by atoms with Gasteiger partial charge in [0.1, 0.15) is 23.0 Å². The highest BCUT2D eigenvalue weighted by Gasteiger charge is 2.36. The van der Waals surface area contributed by atoms with Crippen LogP contribution >= 0.6 is 0 Å². The molecular formula is C28H23FN4O2. The van der Waals surface area contributed by atoms with Gasteiger partial charge in [-0.3, -0.25) is 10.1 Å². The minimum atomic E-state index is -0.520. The van der Waals surface area contributed by atoms with Gasteiger partial charge in [0, 0.05) is 34.3 Å². The van der Waals surface area contributed by atoms with Crippen LogP contribution in [-0.4, -0.2) is 30.4 Å². The van der Waals surface area contributed by atoms with E-state index in [4.69, 9.17) is 0 Å². The standard InChI is InChI=1S/C28H23FN4O2/c1-15-5-6-28(2,18-9-19(29)11-20(34)10-18)23-12-25(31-26(15)23)27-22-8-16(3-4-24(22)32-33-27)17-7-21(35)14-30-13-17/h3-5,7-14,31,34-35H,6H2,1-2H3,(H,32,33). The van der Waals surface area contributed by atoms with Crippen molar-refractivity contribution >= 4 is 16.5 Å². The van der Waals surface area contributed by atoms with Crippen molar-refractivity contribution in [2.45, 2.75) is 25.7 Å². The third kappa shape index (κ3) is 3.39. The Morgan fingerprint density at radius 2 is 1.83 bits per heavy atom. The Morgan fingerprint density at radius 3 is 2.63 bits per heavy atom. The molecule has 0 aliphatic heterocycles. The summed E-state index contributed by atoms with van der Waals surface area (Å²) in [6.45, 7) is 4.12. The molecule has 7 heteroatoms. The lowest BCUT2D eigenvalue weighted by Crippen LogP contribution is -2.26. The minimum Gasteiger partial charge on any atom is -0.508 e. The summed E-state index contributed by atoms with van der Waals surface area (Å²) in [5.41, 5.74) is 7.52. The smallest absolute Gasteiger partial charge is 0.134 e. The first-order valence-corrected chi connectivity index (χ1v) is 11.4. The quantitative estimate of drug-likeness (QED) is 0.251. The van der Waals surface area contributed by atoms with Gasteiger partial charge in [-0.2, -0.15) is 5.10 Å². The number of hydrogen-bond donors (Lipinski definition) is 4. The first kappa shape index (κ1) is 21.2. The van der Waals surface area contributed by atoms with Crippen LogP contribution < -0.4 is 0 Å². The van der Waals surface area contributed by atoms with Gasteiger partial charge in [-0.1, -0.05) is 19.1 Å². The van der Waals surface area contributed by atoms with Gasteiger partial charge in [-0.05, 0) is 72.0 Å². The highest BCUT2D eigenvalue weighted by molar-refractivity contribution is 5.95. The van der Waals surface area contributed by atoms with Crippen LogP contribution in [0.2, 0.25) is 0 Å². The summed E-state index contributed by atoms with van der Waals surface area (Å²) >= 11 is 0. The van der Waals surface area contributed by atoms with E-state index in [0.29, 0.717) is 6.42 Å². The maximum Gasteiger partial charge on any atom is 0.134 e. The van der Waals surface area contributed by atoms with E-state index >= 15 is 0 Å². The van der Waals surface area contributed by atoms with Crippen LogP contribution in [0, 0.1) is 5.82 Å². The second kappa shape index (κ2) is 7.56. The summed E-state index contributed by atoms with van der Waals surface area (Å²) in [4.78, 5) is 7.63. The van der Waals surface area contributed by atoms with Crippen molar-refractivity contribution < 1.29 is 14.6 Å². The lowest BCUT2D eigenvalue weighted by molar-refractivity contribution is 0.463. The second-order valence-corrected chi connectivity index (χ2v) is 9.36. The van der Waals surface area contributed by atoms with Crippen molar-refractivity contribution in [1.82, 2.24) is 20.2 Å². The Labute approximate surface area is 200 Å². The summed E-state index contributed by atoms with van der Waals surface area (Å²) in [5.74, 6) is -0.439. The van der Waals surface area contributed by atoms with E-state index in [1.807, 2.05) is 18.2 Å². The Kier molecular flexibility index (Phi) is 4.57. The topological polar surface area (TPSA) is 97.8 Å². The van der Waals surface area contributed by atoms with E-state index in [1.54, 1.807) is 18.3 Å². The molecule has 0 bridgehead atoms. The van der Waals surface area contributed by atoms with Crippen molar-refractivity contribution in [3.05, 3.63) is 89.6 Å². The predicted octanol–water partition coefficient (Wildman–Crippen LogP) is 6.28. The predicted molar refractivity (Wildman–Crippen MR) is 134 cm³/mol. The molecule has 174 valence electrons. The number of benzene rings is 2. The molecule has 0 fully saturated rings. The van der Waals surface area contributed by atoms with Crippen LogP contribution in [0.5, 0.6) is 11.5 Å². The van der Waals surface area contributed by atoms with Crippen LogP contribution in [0.1, 0.15) is 37.1 Å². The molecule has 0 spiro atoms. The Hall–Kier alpha value is -4.39. The normalized spacial score (nSPS) is 17.4. The van der Waals surface area contributed by atoms with Crippen molar-refractivity contribution in [1.29, 1.82) is 0 Å². The number of allylic oxidation sites excluding steroid dienone is 2. The van der Waals surface area contributed by atoms with Crippen LogP contribution in [-0.2, 0) is 5.41 Å². The van der Waals surface area contributed by atoms with E-state index in [2.05, 4.69) is 46.2 Å². The number of aromatic nitrogens is 4. The first-order chi connectivity index (χ1) is 16.8. The van der Waals surface area contributed by atoms with Crippen molar-refractivity contribution in [2.24, 2.45) is 0 Å². The fourth-order valence-corrected chi connectivity index (χ4v) is 5.05. The molecule has 0 saturated heterocycles. The number of hydrogen-bond acceptors (Lipinski definition) is 4. The third-order valence-corrected chi connectivity index (χ3v) is 7.02. The zero-order valence-electron chi connectivity index (χ0n) is 19.2. The molecule has 4 N–H and O–H groups in total. The van der Waals surface area contributed by atoms with Crippen LogP contribution in [0.4, 0.5) is 4.39 Å². The maximum absolute atomic E-state index is 14.2.